The fourth-order valence-electron chi connectivity index (χ4n) is 4.48. The highest BCUT2D eigenvalue weighted by Gasteiger charge is 2.46. The van der Waals surface area contributed by atoms with Crippen molar-refractivity contribution in [2.24, 2.45) is 0 Å². The Balaban J connectivity index is 1.42. The third kappa shape index (κ3) is 5.72. The molecule has 42 heavy (non-hydrogen) atoms. The molecule has 0 amide bonds. The van der Waals surface area contributed by atoms with E-state index in [1.807, 2.05) is 0 Å². The summed E-state index contributed by atoms with van der Waals surface area (Å²) in [4.78, 5) is 25.9. The second kappa shape index (κ2) is 11.4. The second-order valence-corrected chi connectivity index (χ2v) is 9.61. The van der Waals surface area contributed by atoms with Crippen LogP contribution in [0, 0.1) is 0 Å². The monoisotopic (exact) mass is 578 g/mol. The number of ether oxygens (including phenoxy) is 3. The maximum absolute atomic E-state index is 13.5. The number of aliphatic hydroxyl groups is 2. The highest BCUT2D eigenvalue weighted by Crippen LogP contribution is 2.37. The molecule has 5 atom stereocenters. The number of aromatic hydroxyl groups is 4. The van der Waals surface area contributed by atoms with E-state index in [1.54, 1.807) is 12.1 Å². The molecular weight excluding hydrogens is 552 g/mol. The van der Waals surface area contributed by atoms with Gasteiger partial charge in [0.2, 0.25) is 17.5 Å². The van der Waals surface area contributed by atoms with Crippen LogP contribution in [0.1, 0.15) is 12.5 Å². The van der Waals surface area contributed by atoms with Crippen LogP contribution in [0.4, 0.5) is 0 Å². The summed E-state index contributed by atoms with van der Waals surface area (Å²) >= 11 is 0. The van der Waals surface area contributed by atoms with Crippen LogP contribution < -0.4 is 10.2 Å². The number of carbonyl (C=O) groups is 1. The maximum Gasteiger partial charge on any atom is 0.331 e. The molecule has 1 aliphatic rings. The van der Waals surface area contributed by atoms with Crippen LogP contribution in [0.5, 0.6) is 28.7 Å². The summed E-state index contributed by atoms with van der Waals surface area (Å²) < 4.78 is 22.6. The Bertz CT molecular complexity index is 1690. The van der Waals surface area contributed by atoms with Crippen molar-refractivity contribution in [1.82, 2.24) is 0 Å². The van der Waals surface area contributed by atoms with Crippen LogP contribution in [0.15, 0.2) is 76.0 Å². The highest BCUT2D eigenvalue weighted by atomic mass is 16.7. The van der Waals surface area contributed by atoms with Crippen LogP contribution in [-0.2, 0) is 14.3 Å². The van der Waals surface area contributed by atoms with Gasteiger partial charge >= 0.3 is 5.97 Å². The first-order valence-corrected chi connectivity index (χ1v) is 12.7. The van der Waals surface area contributed by atoms with Gasteiger partial charge in [-0.3, -0.25) is 4.79 Å². The largest absolute Gasteiger partial charge is 0.508 e. The molecule has 1 saturated heterocycles. The van der Waals surface area contributed by atoms with Crippen molar-refractivity contribution in [2.45, 2.75) is 37.6 Å². The number of hydrogen-bond acceptors (Lipinski definition) is 12. The molecule has 4 aromatic rings. The number of aliphatic hydroxyl groups excluding tert-OH is 2. The minimum absolute atomic E-state index is 0.0598. The van der Waals surface area contributed by atoms with Crippen molar-refractivity contribution >= 4 is 23.0 Å². The molecule has 1 aromatic heterocycles. The van der Waals surface area contributed by atoms with Gasteiger partial charge in [-0.2, -0.15) is 0 Å². The third-order valence-electron chi connectivity index (χ3n) is 6.62. The first-order valence-electron chi connectivity index (χ1n) is 12.7. The van der Waals surface area contributed by atoms with Crippen molar-refractivity contribution < 1.29 is 54.1 Å². The van der Waals surface area contributed by atoms with Gasteiger partial charge in [-0.25, -0.2) is 4.79 Å². The number of carbonyl (C=O) groups excluding carboxylic acids is 1. The van der Waals surface area contributed by atoms with Crippen LogP contribution in [0.2, 0.25) is 0 Å². The minimum atomic E-state index is -1.81. The van der Waals surface area contributed by atoms with Gasteiger partial charge in [-0.15, -0.1) is 0 Å². The van der Waals surface area contributed by atoms with Crippen molar-refractivity contribution in [3.05, 3.63) is 82.5 Å². The number of hydrogen-bond donors (Lipinski definition) is 6. The van der Waals surface area contributed by atoms with E-state index < -0.39 is 53.6 Å². The van der Waals surface area contributed by atoms with E-state index in [0.717, 1.165) is 18.2 Å². The summed E-state index contributed by atoms with van der Waals surface area (Å²) in [7, 11) is 0. The number of esters is 1. The molecule has 0 bridgehead atoms. The van der Waals surface area contributed by atoms with Crippen molar-refractivity contribution in [1.29, 1.82) is 0 Å². The standard InChI is InChI=1S/C30H26O12/c1-14-27(41-22(35)11-4-15-2-7-17(31)8-3-15)25(37)26(38)30(39-14)42-29-24(36)23-20(34)12-19(33)13-21(23)40-28(29)16-5-9-18(32)10-6-16/h2-14,25-27,30-34,37-38H,1H3/b11-4+/t14-,25-,26-,27-,30-/m0/s1. The quantitative estimate of drug-likeness (QED) is 0.145. The Hall–Kier alpha value is -5.04. The predicted molar refractivity (Wildman–Crippen MR) is 147 cm³/mol. The third-order valence-corrected chi connectivity index (χ3v) is 6.62. The van der Waals surface area contributed by atoms with Crippen molar-refractivity contribution in [3.63, 3.8) is 0 Å². The molecular formula is C30H26O12. The number of rotatable bonds is 6. The molecule has 218 valence electrons. The van der Waals surface area contributed by atoms with Gasteiger partial charge in [0.1, 0.15) is 46.2 Å². The molecule has 0 saturated carbocycles. The fraction of sp³-hybridized carbons (Fsp3) is 0.200. The summed E-state index contributed by atoms with van der Waals surface area (Å²) in [5, 5.41) is 60.7. The van der Waals surface area contributed by atoms with E-state index >= 15 is 0 Å². The number of phenols is 4. The van der Waals surface area contributed by atoms with Gasteiger partial charge in [0.15, 0.2) is 11.9 Å². The SMILES string of the molecule is C[C@@H]1O[C@@H](Oc2c(-c3ccc(O)cc3)oc3cc(O)cc(O)c3c2=O)[C@@H](O)[C@H](O)[C@H]1OC(=O)/C=C/c1ccc(O)cc1. The van der Waals surface area contributed by atoms with Crippen molar-refractivity contribution in [3.8, 4) is 40.1 Å². The number of phenolic OH excluding ortho intramolecular Hbond substituents is 4. The Morgan fingerprint density at radius 1 is 0.881 bits per heavy atom. The number of fused-ring (bicyclic) bond motifs is 1. The zero-order chi connectivity index (χ0) is 30.1. The lowest BCUT2D eigenvalue weighted by molar-refractivity contribution is -0.271. The summed E-state index contributed by atoms with van der Waals surface area (Å²) in [5.41, 5.74) is -0.177. The fourth-order valence-corrected chi connectivity index (χ4v) is 4.48. The van der Waals surface area contributed by atoms with E-state index in [0.29, 0.717) is 5.56 Å². The number of benzene rings is 3. The average molecular weight is 579 g/mol. The lowest BCUT2D eigenvalue weighted by Crippen LogP contribution is -2.59. The van der Waals surface area contributed by atoms with Crippen LogP contribution in [-0.4, -0.2) is 67.3 Å². The summed E-state index contributed by atoms with van der Waals surface area (Å²) in [6.45, 7) is 1.46. The molecule has 0 radical (unpaired) electrons. The lowest BCUT2D eigenvalue weighted by Gasteiger charge is -2.40. The topological polar surface area (TPSA) is 196 Å². The van der Waals surface area contributed by atoms with Gasteiger partial charge in [-0.05, 0) is 55.0 Å². The maximum atomic E-state index is 13.5. The van der Waals surface area contributed by atoms with Crippen molar-refractivity contribution in [2.75, 3.05) is 0 Å². The van der Waals surface area contributed by atoms with Crippen LogP contribution in [0.25, 0.3) is 28.4 Å². The minimum Gasteiger partial charge on any atom is -0.508 e. The van der Waals surface area contributed by atoms with Crippen LogP contribution in [0.3, 0.4) is 0 Å². The van der Waals surface area contributed by atoms with Gasteiger partial charge in [-0.1, -0.05) is 12.1 Å². The average Bonchev–Trinajstić information content (AvgIpc) is 2.95. The molecule has 1 aliphatic heterocycles. The normalized spacial score (nSPS) is 22.3. The molecule has 12 nitrogen and oxygen atoms in total. The smallest absolute Gasteiger partial charge is 0.331 e. The zero-order valence-electron chi connectivity index (χ0n) is 21.9. The molecule has 2 heterocycles. The summed E-state index contributed by atoms with van der Waals surface area (Å²) in [6, 6.07) is 13.6. The molecule has 0 unspecified atom stereocenters. The van der Waals surface area contributed by atoms with Gasteiger partial charge in [0, 0.05) is 23.8 Å². The molecule has 12 heteroatoms. The van der Waals surface area contributed by atoms with E-state index in [-0.39, 0.29) is 39.5 Å². The molecule has 3 aromatic carbocycles. The molecule has 1 fully saturated rings. The summed E-state index contributed by atoms with van der Waals surface area (Å²) in [6.07, 6.45) is -4.94. The highest BCUT2D eigenvalue weighted by molar-refractivity contribution is 5.88. The van der Waals surface area contributed by atoms with Gasteiger partial charge < -0.3 is 49.3 Å². The van der Waals surface area contributed by atoms with E-state index in [9.17, 15) is 40.2 Å². The Morgan fingerprint density at radius 3 is 2.19 bits per heavy atom. The first-order chi connectivity index (χ1) is 20.0. The van der Waals surface area contributed by atoms with E-state index in [1.165, 1.54) is 49.4 Å². The Kier molecular flexibility index (Phi) is 7.77. The molecule has 6 N–H and O–H groups in total. The van der Waals surface area contributed by atoms with Gasteiger partial charge in [0.25, 0.3) is 0 Å². The lowest BCUT2D eigenvalue weighted by atomic mass is 9.99. The molecule has 0 spiro atoms. The van der Waals surface area contributed by atoms with Crippen LogP contribution >= 0.6 is 0 Å². The molecule has 5 rings (SSSR count). The van der Waals surface area contributed by atoms with E-state index in [2.05, 4.69) is 0 Å². The second-order valence-electron chi connectivity index (χ2n) is 9.61. The summed E-state index contributed by atoms with van der Waals surface area (Å²) in [5.74, 6) is -2.47. The Morgan fingerprint density at radius 2 is 1.52 bits per heavy atom. The first kappa shape index (κ1) is 28.5. The molecule has 0 aliphatic carbocycles. The predicted octanol–water partition coefficient (Wildman–Crippen LogP) is 2.75. The Labute approximate surface area is 237 Å². The van der Waals surface area contributed by atoms with E-state index in [4.69, 9.17) is 18.6 Å². The van der Waals surface area contributed by atoms with Gasteiger partial charge in [0.05, 0.1) is 6.10 Å². The zero-order valence-corrected chi connectivity index (χ0v) is 21.9.